The van der Waals surface area contributed by atoms with Gasteiger partial charge in [-0.05, 0) is 12.5 Å². The highest BCUT2D eigenvalue weighted by Crippen LogP contribution is 2.25. The predicted molar refractivity (Wildman–Crippen MR) is 62.5 cm³/mol. The van der Waals surface area contributed by atoms with E-state index in [2.05, 4.69) is 4.98 Å². The third-order valence-corrected chi connectivity index (χ3v) is 2.56. The van der Waals surface area contributed by atoms with Gasteiger partial charge < -0.3 is 10.8 Å². The molecule has 3 N–H and O–H groups in total. The molecule has 2 aromatic rings. The number of hydrogen-bond donors (Lipinski definition) is 2. The summed E-state index contributed by atoms with van der Waals surface area (Å²) in [6.45, 7) is 1.86. The molecular formula is C12H12N2O2. The topological polar surface area (TPSA) is 76.2 Å². The average molecular weight is 216 g/mol. The first-order valence-electron chi connectivity index (χ1n) is 5.05. The summed E-state index contributed by atoms with van der Waals surface area (Å²) in [6, 6.07) is 7.28. The lowest BCUT2D eigenvalue weighted by atomic mass is 10.0. The molecule has 0 aliphatic rings. The maximum absolute atomic E-state index is 11.1. The number of pyridine rings is 1. The van der Waals surface area contributed by atoms with Crippen molar-refractivity contribution >= 4 is 22.6 Å². The fourth-order valence-electron chi connectivity index (χ4n) is 1.78. The molecule has 0 saturated carbocycles. The summed E-state index contributed by atoms with van der Waals surface area (Å²) in [5.41, 5.74) is 7.57. The van der Waals surface area contributed by atoms with Gasteiger partial charge in [-0.3, -0.25) is 4.98 Å². The van der Waals surface area contributed by atoms with Crippen LogP contribution in [0.3, 0.4) is 0 Å². The molecule has 1 heterocycles. The van der Waals surface area contributed by atoms with E-state index in [9.17, 15) is 4.79 Å². The van der Waals surface area contributed by atoms with Gasteiger partial charge in [0.05, 0.1) is 16.9 Å². The number of aryl methyl sites for hydroxylation is 1. The van der Waals surface area contributed by atoms with Crippen LogP contribution in [0.4, 0.5) is 5.69 Å². The van der Waals surface area contributed by atoms with Crippen LogP contribution >= 0.6 is 0 Å². The summed E-state index contributed by atoms with van der Waals surface area (Å²) in [5, 5.41) is 9.81. The number of anilines is 1. The lowest BCUT2D eigenvalue weighted by molar-refractivity contribution is 0.0696. The van der Waals surface area contributed by atoms with Gasteiger partial charge in [0.2, 0.25) is 0 Å². The number of nitrogen functional groups attached to an aromatic ring is 1. The van der Waals surface area contributed by atoms with Crippen molar-refractivity contribution in [3.63, 3.8) is 0 Å². The molecule has 4 heteroatoms. The SMILES string of the molecule is CCc1nc2ccccc2c(N)c1C(=O)O. The fraction of sp³-hybridized carbons (Fsp3) is 0.167. The molecule has 1 aromatic heterocycles. The van der Waals surface area contributed by atoms with Gasteiger partial charge in [-0.1, -0.05) is 25.1 Å². The van der Waals surface area contributed by atoms with E-state index in [1.165, 1.54) is 0 Å². The van der Waals surface area contributed by atoms with Gasteiger partial charge in [0.25, 0.3) is 0 Å². The van der Waals surface area contributed by atoms with E-state index < -0.39 is 5.97 Å². The Morgan fingerprint density at radius 1 is 1.44 bits per heavy atom. The lowest BCUT2D eigenvalue weighted by Gasteiger charge is -2.09. The maximum atomic E-state index is 11.1. The minimum absolute atomic E-state index is 0.126. The van der Waals surface area contributed by atoms with Crippen LogP contribution in [-0.2, 0) is 6.42 Å². The van der Waals surface area contributed by atoms with Crippen molar-refractivity contribution in [2.75, 3.05) is 5.73 Å². The van der Waals surface area contributed by atoms with Gasteiger partial charge in [-0.15, -0.1) is 0 Å². The minimum Gasteiger partial charge on any atom is -0.478 e. The van der Waals surface area contributed by atoms with Crippen molar-refractivity contribution in [2.45, 2.75) is 13.3 Å². The highest BCUT2D eigenvalue weighted by Gasteiger charge is 2.17. The van der Waals surface area contributed by atoms with E-state index >= 15 is 0 Å². The molecule has 0 atom stereocenters. The normalized spacial score (nSPS) is 10.6. The van der Waals surface area contributed by atoms with Crippen LogP contribution in [0.5, 0.6) is 0 Å². The van der Waals surface area contributed by atoms with E-state index in [0.717, 1.165) is 5.52 Å². The number of aromatic carboxylic acids is 1. The number of rotatable bonds is 2. The van der Waals surface area contributed by atoms with Crippen LogP contribution in [0.25, 0.3) is 10.9 Å². The number of benzene rings is 1. The third-order valence-electron chi connectivity index (χ3n) is 2.56. The van der Waals surface area contributed by atoms with Crippen molar-refractivity contribution in [3.05, 3.63) is 35.5 Å². The van der Waals surface area contributed by atoms with Gasteiger partial charge >= 0.3 is 5.97 Å². The highest BCUT2D eigenvalue weighted by atomic mass is 16.4. The van der Waals surface area contributed by atoms with Crippen LogP contribution in [0.2, 0.25) is 0 Å². The standard InChI is InChI=1S/C12H12N2O2/c1-2-8-10(12(15)16)11(13)7-5-3-4-6-9(7)14-8/h3-6H,2H2,1H3,(H2,13,14)(H,15,16). The summed E-state index contributed by atoms with van der Waals surface area (Å²) >= 11 is 0. The van der Waals surface area contributed by atoms with Gasteiger partial charge in [-0.2, -0.15) is 0 Å². The Morgan fingerprint density at radius 2 is 2.12 bits per heavy atom. The molecule has 0 unspecified atom stereocenters. The van der Waals surface area contributed by atoms with Crippen molar-refractivity contribution in [2.24, 2.45) is 0 Å². The number of nitrogens with zero attached hydrogens (tertiary/aromatic N) is 1. The molecule has 0 saturated heterocycles. The monoisotopic (exact) mass is 216 g/mol. The number of carboxylic acid groups (broad SMARTS) is 1. The maximum Gasteiger partial charge on any atom is 0.339 e. The molecule has 4 nitrogen and oxygen atoms in total. The summed E-state index contributed by atoms with van der Waals surface area (Å²) in [5.74, 6) is -1.02. The number of para-hydroxylation sites is 1. The van der Waals surface area contributed by atoms with Gasteiger partial charge in [0.15, 0.2) is 0 Å². The quantitative estimate of drug-likeness (QED) is 0.805. The average Bonchev–Trinajstić information content (AvgIpc) is 2.28. The first kappa shape index (κ1) is 10.4. The van der Waals surface area contributed by atoms with E-state index in [0.29, 0.717) is 23.2 Å². The fourth-order valence-corrected chi connectivity index (χ4v) is 1.78. The van der Waals surface area contributed by atoms with Crippen LogP contribution in [-0.4, -0.2) is 16.1 Å². The van der Waals surface area contributed by atoms with E-state index in [4.69, 9.17) is 10.8 Å². The number of carboxylic acids is 1. The third kappa shape index (κ3) is 1.48. The predicted octanol–water partition coefficient (Wildman–Crippen LogP) is 2.08. The summed E-state index contributed by atoms with van der Waals surface area (Å²) < 4.78 is 0. The molecule has 1 aromatic carbocycles. The molecule has 82 valence electrons. The summed E-state index contributed by atoms with van der Waals surface area (Å²) in [4.78, 5) is 15.4. The van der Waals surface area contributed by atoms with E-state index in [-0.39, 0.29) is 5.56 Å². The van der Waals surface area contributed by atoms with Crippen LogP contribution in [0.15, 0.2) is 24.3 Å². The number of hydrogen-bond acceptors (Lipinski definition) is 3. The minimum atomic E-state index is -1.02. The Hall–Kier alpha value is -2.10. The molecule has 0 radical (unpaired) electrons. The Morgan fingerprint density at radius 3 is 2.75 bits per heavy atom. The Labute approximate surface area is 92.7 Å². The van der Waals surface area contributed by atoms with Crippen LogP contribution < -0.4 is 5.73 Å². The second-order valence-corrected chi connectivity index (χ2v) is 3.52. The molecule has 0 spiro atoms. The Bertz CT molecular complexity index is 564. The van der Waals surface area contributed by atoms with Crippen molar-refractivity contribution in [3.8, 4) is 0 Å². The zero-order valence-electron chi connectivity index (χ0n) is 8.90. The molecule has 2 rings (SSSR count). The van der Waals surface area contributed by atoms with Crippen molar-refractivity contribution in [1.29, 1.82) is 0 Å². The van der Waals surface area contributed by atoms with Crippen LogP contribution in [0.1, 0.15) is 23.0 Å². The zero-order valence-corrected chi connectivity index (χ0v) is 8.90. The number of aromatic nitrogens is 1. The van der Waals surface area contributed by atoms with Gasteiger partial charge in [0, 0.05) is 5.39 Å². The van der Waals surface area contributed by atoms with E-state index in [1.54, 1.807) is 6.07 Å². The lowest BCUT2D eigenvalue weighted by Crippen LogP contribution is -2.09. The molecule has 0 bridgehead atoms. The van der Waals surface area contributed by atoms with E-state index in [1.807, 2.05) is 25.1 Å². The molecule has 0 fully saturated rings. The highest BCUT2D eigenvalue weighted by molar-refractivity contribution is 6.04. The summed E-state index contributed by atoms with van der Waals surface area (Å²) in [7, 11) is 0. The Balaban J connectivity index is 2.87. The Kier molecular flexibility index (Phi) is 2.48. The molecular weight excluding hydrogens is 204 g/mol. The second kappa shape index (κ2) is 3.81. The first-order chi connectivity index (χ1) is 7.65. The van der Waals surface area contributed by atoms with Crippen molar-refractivity contribution < 1.29 is 9.90 Å². The number of fused-ring (bicyclic) bond motifs is 1. The molecule has 0 amide bonds. The zero-order chi connectivity index (χ0) is 11.7. The summed E-state index contributed by atoms with van der Waals surface area (Å²) in [6.07, 6.45) is 0.552. The second-order valence-electron chi connectivity index (χ2n) is 3.52. The van der Waals surface area contributed by atoms with Gasteiger partial charge in [0.1, 0.15) is 5.56 Å². The largest absolute Gasteiger partial charge is 0.478 e. The molecule has 0 aliphatic heterocycles. The van der Waals surface area contributed by atoms with Gasteiger partial charge in [-0.25, -0.2) is 4.79 Å². The smallest absolute Gasteiger partial charge is 0.339 e. The molecule has 0 aliphatic carbocycles. The number of nitrogens with two attached hydrogens (primary N) is 1. The number of carbonyl (C=O) groups is 1. The molecule has 16 heavy (non-hydrogen) atoms. The van der Waals surface area contributed by atoms with Crippen molar-refractivity contribution in [1.82, 2.24) is 4.98 Å². The van der Waals surface area contributed by atoms with Crippen LogP contribution in [0, 0.1) is 0 Å². The first-order valence-corrected chi connectivity index (χ1v) is 5.05.